The summed E-state index contributed by atoms with van der Waals surface area (Å²) < 4.78 is 1.79. The number of para-hydroxylation sites is 1. The summed E-state index contributed by atoms with van der Waals surface area (Å²) in [6.45, 7) is 1.86. The summed E-state index contributed by atoms with van der Waals surface area (Å²) in [5.74, 6) is 0.262. The molecule has 6 nitrogen and oxygen atoms in total. The predicted molar refractivity (Wildman–Crippen MR) is 167 cm³/mol. The molecule has 0 saturated heterocycles. The summed E-state index contributed by atoms with van der Waals surface area (Å²) in [7, 11) is 0. The smallest absolute Gasteiger partial charge is 0.244 e. The minimum atomic E-state index is -0.297. The van der Waals surface area contributed by atoms with Crippen LogP contribution in [0.3, 0.4) is 0 Å². The zero-order valence-corrected chi connectivity index (χ0v) is 23.9. The SMILES string of the molecule is Cc1ccc(-n2nc(-c3ccccc3)c3c2N(CC(=O)Nc2ccccc2)C(=O)CSC3c2ccccc2Cl)cc1. The summed E-state index contributed by atoms with van der Waals surface area (Å²) in [6, 6.07) is 34.8. The average Bonchev–Trinajstić information content (AvgIpc) is 3.32. The first-order valence-electron chi connectivity index (χ1n) is 13.3. The highest BCUT2D eigenvalue weighted by Gasteiger charge is 2.38. The summed E-state index contributed by atoms with van der Waals surface area (Å²) in [4.78, 5) is 28.8. The van der Waals surface area contributed by atoms with E-state index in [0.29, 0.717) is 16.5 Å². The molecule has 5 aromatic rings. The number of nitrogens with one attached hydrogen (secondary N) is 1. The van der Waals surface area contributed by atoms with Crippen molar-refractivity contribution in [3.8, 4) is 16.9 Å². The molecule has 8 heteroatoms. The Balaban J connectivity index is 1.57. The Kier molecular flexibility index (Phi) is 7.63. The molecule has 41 heavy (non-hydrogen) atoms. The van der Waals surface area contributed by atoms with E-state index in [2.05, 4.69) is 5.32 Å². The van der Waals surface area contributed by atoms with Crippen LogP contribution in [0.5, 0.6) is 0 Å². The fourth-order valence-electron chi connectivity index (χ4n) is 4.99. The van der Waals surface area contributed by atoms with Crippen molar-refractivity contribution in [3.05, 3.63) is 131 Å². The van der Waals surface area contributed by atoms with Gasteiger partial charge in [0, 0.05) is 21.8 Å². The zero-order valence-electron chi connectivity index (χ0n) is 22.3. The van der Waals surface area contributed by atoms with Crippen LogP contribution in [-0.2, 0) is 9.59 Å². The van der Waals surface area contributed by atoms with Crippen molar-refractivity contribution in [2.24, 2.45) is 0 Å². The van der Waals surface area contributed by atoms with Crippen LogP contribution in [0.2, 0.25) is 5.02 Å². The number of halogens is 1. The second-order valence-corrected chi connectivity index (χ2v) is 11.3. The number of aryl methyl sites for hydroxylation is 1. The Morgan fingerprint density at radius 2 is 1.59 bits per heavy atom. The number of fused-ring (bicyclic) bond motifs is 1. The molecule has 0 saturated carbocycles. The van der Waals surface area contributed by atoms with E-state index in [4.69, 9.17) is 16.7 Å². The van der Waals surface area contributed by atoms with Gasteiger partial charge in [0.25, 0.3) is 0 Å². The Labute approximate surface area is 248 Å². The van der Waals surface area contributed by atoms with Crippen LogP contribution in [0.1, 0.15) is 21.9 Å². The molecule has 0 aliphatic carbocycles. The van der Waals surface area contributed by atoms with Gasteiger partial charge in [0.1, 0.15) is 12.4 Å². The number of anilines is 2. The molecule has 1 atom stereocenters. The molecule has 204 valence electrons. The molecule has 1 unspecified atom stereocenters. The number of benzene rings is 4. The molecule has 1 aliphatic rings. The van der Waals surface area contributed by atoms with Gasteiger partial charge in [-0.2, -0.15) is 5.10 Å². The van der Waals surface area contributed by atoms with Gasteiger partial charge >= 0.3 is 0 Å². The van der Waals surface area contributed by atoms with Gasteiger partial charge in [-0.25, -0.2) is 4.68 Å². The van der Waals surface area contributed by atoms with E-state index < -0.39 is 0 Å². The van der Waals surface area contributed by atoms with Gasteiger partial charge in [-0.3, -0.25) is 14.5 Å². The van der Waals surface area contributed by atoms with Gasteiger partial charge in [0.05, 0.1) is 22.4 Å². The zero-order chi connectivity index (χ0) is 28.3. The highest BCUT2D eigenvalue weighted by molar-refractivity contribution is 8.00. The Bertz CT molecular complexity index is 1710. The van der Waals surface area contributed by atoms with Crippen LogP contribution in [0.15, 0.2) is 109 Å². The van der Waals surface area contributed by atoms with E-state index in [1.165, 1.54) is 11.8 Å². The molecular formula is C33H27ClN4O2S. The minimum Gasteiger partial charge on any atom is -0.325 e. The lowest BCUT2D eigenvalue weighted by molar-refractivity contribution is -0.120. The van der Waals surface area contributed by atoms with E-state index >= 15 is 0 Å². The lowest BCUT2D eigenvalue weighted by Crippen LogP contribution is -2.40. The number of carbonyl (C=O) groups excluding carboxylic acids is 2. The van der Waals surface area contributed by atoms with Gasteiger partial charge in [0.15, 0.2) is 0 Å². The molecule has 6 rings (SSSR count). The second-order valence-electron chi connectivity index (χ2n) is 9.81. The monoisotopic (exact) mass is 578 g/mol. The Morgan fingerprint density at radius 3 is 2.29 bits per heavy atom. The van der Waals surface area contributed by atoms with Crippen LogP contribution >= 0.6 is 23.4 Å². The first-order valence-corrected chi connectivity index (χ1v) is 14.7. The Hall–Kier alpha value is -4.33. The van der Waals surface area contributed by atoms with E-state index in [1.54, 1.807) is 9.58 Å². The maximum atomic E-state index is 13.9. The van der Waals surface area contributed by atoms with E-state index in [-0.39, 0.29) is 29.4 Å². The number of rotatable bonds is 6. The number of amides is 2. The predicted octanol–water partition coefficient (Wildman–Crippen LogP) is 7.31. The highest BCUT2D eigenvalue weighted by atomic mass is 35.5. The van der Waals surface area contributed by atoms with E-state index in [9.17, 15) is 9.59 Å². The van der Waals surface area contributed by atoms with Gasteiger partial charge in [-0.1, -0.05) is 96.0 Å². The first-order chi connectivity index (χ1) is 20.0. The third-order valence-electron chi connectivity index (χ3n) is 6.96. The fraction of sp³-hybridized carbons (Fsp3) is 0.121. The molecule has 4 aromatic carbocycles. The lowest BCUT2D eigenvalue weighted by atomic mass is 9.99. The summed E-state index contributed by atoms with van der Waals surface area (Å²) >= 11 is 8.26. The third kappa shape index (κ3) is 5.51. The molecule has 0 bridgehead atoms. The number of hydrogen-bond donors (Lipinski definition) is 1. The van der Waals surface area contributed by atoms with Gasteiger partial charge in [0.2, 0.25) is 11.8 Å². The number of carbonyl (C=O) groups is 2. The summed E-state index contributed by atoms with van der Waals surface area (Å²) in [5, 5.41) is 8.37. The van der Waals surface area contributed by atoms with Crippen molar-refractivity contribution in [1.82, 2.24) is 9.78 Å². The lowest BCUT2D eigenvalue weighted by Gasteiger charge is -2.23. The molecule has 1 N–H and O–H groups in total. The van der Waals surface area contributed by atoms with Crippen LogP contribution in [0, 0.1) is 6.92 Å². The molecule has 2 amide bonds. The van der Waals surface area contributed by atoms with Crippen molar-refractivity contribution >= 4 is 46.7 Å². The van der Waals surface area contributed by atoms with Crippen molar-refractivity contribution in [1.29, 1.82) is 0 Å². The van der Waals surface area contributed by atoms with Crippen molar-refractivity contribution in [3.63, 3.8) is 0 Å². The van der Waals surface area contributed by atoms with Crippen LogP contribution < -0.4 is 10.2 Å². The molecule has 0 radical (unpaired) electrons. The second kappa shape index (κ2) is 11.6. The summed E-state index contributed by atoms with van der Waals surface area (Å²) in [6.07, 6.45) is 0. The van der Waals surface area contributed by atoms with Crippen molar-refractivity contribution in [2.75, 3.05) is 22.5 Å². The Morgan fingerprint density at radius 1 is 0.927 bits per heavy atom. The highest BCUT2D eigenvalue weighted by Crippen LogP contribution is 2.49. The van der Waals surface area contributed by atoms with Crippen LogP contribution in [0.4, 0.5) is 11.5 Å². The minimum absolute atomic E-state index is 0.164. The van der Waals surface area contributed by atoms with Crippen LogP contribution in [0.25, 0.3) is 16.9 Å². The van der Waals surface area contributed by atoms with Gasteiger partial charge in [-0.05, 0) is 42.8 Å². The first kappa shape index (κ1) is 26.9. The maximum absolute atomic E-state index is 13.9. The van der Waals surface area contributed by atoms with Gasteiger partial charge < -0.3 is 5.32 Å². The number of hydrogen-bond acceptors (Lipinski definition) is 4. The van der Waals surface area contributed by atoms with E-state index in [0.717, 1.165) is 33.6 Å². The normalized spacial score (nSPS) is 14.8. The molecule has 0 fully saturated rings. The third-order valence-corrected chi connectivity index (χ3v) is 8.54. The number of nitrogens with zero attached hydrogens (tertiary/aromatic N) is 3. The van der Waals surface area contributed by atoms with E-state index in [1.807, 2.05) is 116 Å². The average molecular weight is 579 g/mol. The topological polar surface area (TPSA) is 67.2 Å². The van der Waals surface area contributed by atoms with Crippen molar-refractivity contribution < 1.29 is 9.59 Å². The number of aromatic nitrogens is 2. The van der Waals surface area contributed by atoms with Crippen LogP contribution in [-0.4, -0.2) is 33.9 Å². The molecular weight excluding hydrogens is 552 g/mol. The molecule has 2 heterocycles. The molecule has 1 aliphatic heterocycles. The van der Waals surface area contributed by atoms with Gasteiger partial charge in [-0.15, -0.1) is 11.8 Å². The molecule has 1 aromatic heterocycles. The van der Waals surface area contributed by atoms with Crippen molar-refractivity contribution in [2.45, 2.75) is 12.2 Å². The molecule has 0 spiro atoms. The number of thioether (sulfide) groups is 1. The summed E-state index contributed by atoms with van der Waals surface area (Å²) in [5.41, 5.74) is 5.95. The standard InChI is InChI=1S/C33H27ClN4O2S/c1-22-16-18-25(19-17-22)38-33-30(31(36-38)23-10-4-2-5-11-23)32(26-14-8-9-15-27(26)34)41-21-29(40)37(33)20-28(39)35-24-12-6-3-7-13-24/h2-19,32H,20-21H2,1H3,(H,35,39). The quantitative estimate of drug-likeness (QED) is 0.229. The maximum Gasteiger partial charge on any atom is 0.244 e. The fourth-order valence-corrected chi connectivity index (χ4v) is 6.54. The largest absolute Gasteiger partial charge is 0.325 e.